The van der Waals surface area contributed by atoms with E-state index in [2.05, 4.69) is 12.2 Å². The highest BCUT2D eigenvalue weighted by molar-refractivity contribution is 5.95. The van der Waals surface area contributed by atoms with Gasteiger partial charge < -0.3 is 11.1 Å². The fourth-order valence-corrected chi connectivity index (χ4v) is 2.53. The van der Waals surface area contributed by atoms with Crippen molar-refractivity contribution in [3.8, 4) is 0 Å². The zero-order chi connectivity index (χ0) is 13.2. The number of hydrogen-bond donors (Lipinski definition) is 2. The summed E-state index contributed by atoms with van der Waals surface area (Å²) >= 11 is 0. The highest BCUT2D eigenvalue weighted by Gasteiger charge is 2.36. The van der Waals surface area contributed by atoms with Crippen molar-refractivity contribution in [1.29, 1.82) is 0 Å². The molecule has 1 atom stereocenters. The first kappa shape index (κ1) is 13.1. The van der Waals surface area contributed by atoms with Crippen LogP contribution in [0.25, 0.3) is 0 Å². The molecule has 0 aromatic heterocycles. The van der Waals surface area contributed by atoms with Gasteiger partial charge in [0.15, 0.2) is 0 Å². The zero-order valence-electron chi connectivity index (χ0n) is 11.2. The summed E-state index contributed by atoms with van der Waals surface area (Å²) in [6.07, 6.45) is 4.31. The maximum Gasteiger partial charge on any atom is 0.230 e. The smallest absolute Gasteiger partial charge is 0.230 e. The number of hydrogen-bond acceptors (Lipinski definition) is 2. The molecule has 0 radical (unpaired) electrons. The number of amides is 1. The number of nitrogens with one attached hydrogen (secondary N) is 1. The molecule has 0 heterocycles. The van der Waals surface area contributed by atoms with Crippen LogP contribution in [0.4, 0.5) is 5.69 Å². The molecule has 98 valence electrons. The first-order valence-corrected chi connectivity index (χ1v) is 6.68. The van der Waals surface area contributed by atoms with Crippen molar-refractivity contribution in [2.75, 3.05) is 5.32 Å². The predicted octanol–water partition coefficient (Wildman–Crippen LogP) is 3.23. The second kappa shape index (κ2) is 5.11. The summed E-state index contributed by atoms with van der Waals surface area (Å²) in [5.74, 6) is 0.147. The quantitative estimate of drug-likeness (QED) is 0.860. The summed E-state index contributed by atoms with van der Waals surface area (Å²) in [5, 5.41) is 3.01. The van der Waals surface area contributed by atoms with E-state index in [9.17, 15) is 4.79 Å². The molecule has 0 spiro atoms. The molecule has 1 unspecified atom stereocenters. The van der Waals surface area contributed by atoms with E-state index in [1.807, 2.05) is 31.2 Å². The Morgan fingerprint density at radius 1 is 1.28 bits per heavy atom. The Labute approximate surface area is 109 Å². The topological polar surface area (TPSA) is 55.1 Å². The molecular formula is C15H22N2O. The minimum Gasteiger partial charge on any atom is -0.326 e. The van der Waals surface area contributed by atoms with Gasteiger partial charge in [0.25, 0.3) is 0 Å². The van der Waals surface area contributed by atoms with Crippen LogP contribution in [0, 0.1) is 5.41 Å². The van der Waals surface area contributed by atoms with Gasteiger partial charge in [-0.1, -0.05) is 31.9 Å². The van der Waals surface area contributed by atoms with Crippen molar-refractivity contribution in [1.82, 2.24) is 0 Å². The van der Waals surface area contributed by atoms with Gasteiger partial charge in [0, 0.05) is 17.1 Å². The highest BCUT2D eigenvalue weighted by atomic mass is 16.2. The van der Waals surface area contributed by atoms with Gasteiger partial charge in [-0.3, -0.25) is 4.79 Å². The molecule has 0 aliphatic heterocycles. The number of carbonyl (C=O) groups is 1. The number of benzene rings is 1. The third kappa shape index (κ3) is 2.72. The average molecular weight is 246 g/mol. The van der Waals surface area contributed by atoms with Crippen molar-refractivity contribution < 1.29 is 4.79 Å². The monoisotopic (exact) mass is 246 g/mol. The Morgan fingerprint density at radius 2 is 1.83 bits per heavy atom. The van der Waals surface area contributed by atoms with Crippen molar-refractivity contribution in [2.45, 2.75) is 45.6 Å². The molecule has 1 aromatic carbocycles. The maximum atomic E-state index is 12.2. The lowest BCUT2D eigenvalue weighted by Crippen LogP contribution is -2.30. The third-order valence-electron chi connectivity index (χ3n) is 3.95. The van der Waals surface area contributed by atoms with E-state index in [1.165, 1.54) is 0 Å². The summed E-state index contributed by atoms with van der Waals surface area (Å²) in [7, 11) is 0. The Morgan fingerprint density at radius 3 is 2.33 bits per heavy atom. The fraction of sp³-hybridized carbons (Fsp3) is 0.533. The minimum absolute atomic E-state index is 0.0297. The van der Waals surface area contributed by atoms with Crippen molar-refractivity contribution in [2.24, 2.45) is 11.1 Å². The second-order valence-corrected chi connectivity index (χ2v) is 5.63. The number of carbonyl (C=O) groups excluding carboxylic acids is 1. The molecule has 0 bridgehead atoms. The number of nitrogens with two attached hydrogens (primary N) is 1. The normalized spacial score (nSPS) is 19.5. The number of anilines is 1. The lowest BCUT2D eigenvalue weighted by atomic mass is 9.88. The Hall–Kier alpha value is -1.35. The van der Waals surface area contributed by atoms with E-state index >= 15 is 0 Å². The summed E-state index contributed by atoms with van der Waals surface area (Å²) in [6.45, 7) is 4.01. The maximum absolute atomic E-state index is 12.2. The van der Waals surface area contributed by atoms with Crippen LogP contribution >= 0.6 is 0 Å². The molecule has 3 heteroatoms. The van der Waals surface area contributed by atoms with Crippen LogP contribution in [0.1, 0.15) is 51.1 Å². The second-order valence-electron chi connectivity index (χ2n) is 5.63. The van der Waals surface area contributed by atoms with Crippen molar-refractivity contribution in [3.63, 3.8) is 0 Å². The van der Waals surface area contributed by atoms with Crippen molar-refractivity contribution >= 4 is 11.6 Å². The molecule has 0 saturated heterocycles. The lowest BCUT2D eigenvalue weighted by Gasteiger charge is -2.22. The molecule has 1 aliphatic carbocycles. The molecule has 2 rings (SSSR count). The molecule has 1 saturated carbocycles. The van der Waals surface area contributed by atoms with Crippen LogP contribution in [0.2, 0.25) is 0 Å². The Balaban J connectivity index is 2.03. The molecule has 1 fully saturated rings. The first-order chi connectivity index (χ1) is 8.51. The van der Waals surface area contributed by atoms with E-state index in [1.54, 1.807) is 0 Å². The van der Waals surface area contributed by atoms with Crippen LogP contribution in [-0.4, -0.2) is 5.91 Å². The van der Waals surface area contributed by atoms with E-state index in [-0.39, 0.29) is 17.4 Å². The van der Waals surface area contributed by atoms with Gasteiger partial charge in [0.05, 0.1) is 0 Å². The summed E-state index contributed by atoms with van der Waals surface area (Å²) in [5.41, 5.74) is 7.56. The Kier molecular flexibility index (Phi) is 3.71. The van der Waals surface area contributed by atoms with Crippen LogP contribution in [-0.2, 0) is 4.79 Å². The largest absolute Gasteiger partial charge is 0.326 e. The minimum atomic E-state index is -0.181. The fourth-order valence-electron chi connectivity index (χ4n) is 2.53. The Bertz CT molecular complexity index is 417. The van der Waals surface area contributed by atoms with Gasteiger partial charge in [-0.25, -0.2) is 0 Å². The highest BCUT2D eigenvalue weighted by Crippen LogP contribution is 2.38. The van der Waals surface area contributed by atoms with Gasteiger partial charge >= 0.3 is 0 Å². The van der Waals surface area contributed by atoms with E-state index in [4.69, 9.17) is 5.73 Å². The molecular weight excluding hydrogens is 224 g/mol. The van der Waals surface area contributed by atoms with Crippen LogP contribution < -0.4 is 11.1 Å². The zero-order valence-corrected chi connectivity index (χ0v) is 11.2. The van der Waals surface area contributed by atoms with Crippen LogP contribution in [0.5, 0.6) is 0 Å². The molecule has 1 aliphatic rings. The van der Waals surface area contributed by atoms with Crippen LogP contribution in [0.3, 0.4) is 0 Å². The number of rotatable bonds is 3. The standard InChI is InChI=1S/C15H22N2O/c1-11(16)12-5-7-13(8-6-12)17-14(18)15(2)9-3-4-10-15/h5-8,11H,3-4,9-10,16H2,1-2H3,(H,17,18). The van der Waals surface area contributed by atoms with Gasteiger partial charge in [0.2, 0.25) is 5.91 Å². The molecule has 3 N–H and O–H groups in total. The summed E-state index contributed by atoms with van der Waals surface area (Å²) in [6, 6.07) is 7.82. The first-order valence-electron chi connectivity index (χ1n) is 6.68. The van der Waals surface area contributed by atoms with Gasteiger partial charge in [-0.05, 0) is 37.5 Å². The third-order valence-corrected chi connectivity index (χ3v) is 3.95. The molecule has 1 amide bonds. The van der Waals surface area contributed by atoms with E-state index in [0.717, 1.165) is 36.9 Å². The lowest BCUT2D eigenvalue weighted by molar-refractivity contribution is -0.124. The van der Waals surface area contributed by atoms with Crippen molar-refractivity contribution in [3.05, 3.63) is 29.8 Å². The van der Waals surface area contributed by atoms with E-state index < -0.39 is 0 Å². The molecule has 3 nitrogen and oxygen atoms in total. The van der Waals surface area contributed by atoms with Gasteiger partial charge in [0.1, 0.15) is 0 Å². The predicted molar refractivity (Wildman–Crippen MR) is 74.2 cm³/mol. The SMILES string of the molecule is CC(N)c1ccc(NC(=O)C2(C)CCCC2)cc1. The van der Waals surface area contributed by atoms with Crippen LogP contribution in [0.15, 0.2) is 24.3 Å². The van der Waals surface area contributed by atoms with E-state index in [0.29, 0.717) is 0 Å². The summed E-state index contributed by atoms with van der Waals surface area (Å²) < 4.78 is 0. The molecule has 18 heavy (non-hydrogen) atoms. The van der Waals surface area contributed by atoms with Gasteiger partial charge in [-0.15, -0.1) is 0 Å². The van der Waals surface area contributed by atoms with Gasteiger partial charge in [-0.2, -0.15) is 0 Å². The average Bonchev–Trinajstić information content (AvgIpc) is 2.78. The summed E-state index contributed by atoms with van der Waals surface area (Å²) in [4.78, 5) is 12.2. The molecule has 1 aromatic rings.